The molecule has 0 saturated heterocycles. The lowest BCUT2D eigenvalue weighted by molar-refractivity contribution is 0.571. The first-order valence-corrected chi connectivity index (χ1v) is 18.2. The molecule has 53 heavy (non-hydrogen) atoms. The predicted molar refractivity (Wildman–Crippen MR) is 222 cm³/mol. The lowest BCUT2D eigenvalue weighted by Gasteiger charge is -2.23. The standard InChI is InChI=1S/C50H36N2O/c1-50(2,3)49-45(51-46-41-17-6-4-14-38(41)39-15-5-7-18-42(39)47(46)52-49)36-13-10-12-35(30-36)33-24-22-31(23-25-33)32-26-28-34(29-27-32)37-19-11-20-43-40-16-8-9-21-44(40)53-48(37)43/h4-30H,1-3H3. The average molecular weight is 681 g/mol. The van der Waals surface area contributed by atoms with E-state index in [4.69, 9.17) is 14.4 Å². The topological polar surface area (TPSA) is 38.9 Å². The summed E-state index contributed by atoms with van der Waals surface area (Å²) in [4.78, 5) is 10.9. The number of hydrogen-bond donors (Lipinski definition) is 0. The summed E-state index contributed by atoms with van der Waals surface area (Å²) in [6, 6.07) is 58.1. The van der Waals surface area contributed by atoms with Crippen molar-refractivity contribution in [3.8, 4) is 44.6 Å². The Balaban J connectivity index is 1.01. The molecule has 0 atom stereocenters. The molecule has 0 fully saturated rings. The largest absolute Gasteiger partial charge is 0.455 e. The van der Waals surface area contributed by atoms with Crippen LogP contribution in [0.3, 0.4) is 0 Å². The Morgan fingerprint density at radius 2 is 0.887 bits per heavy atom. The van der Waals surface area contributed by atoms with Crippen LogP contribution in [0.15, 0.2) is 168 Å². The maximum absolute atomic E-state index is 6.31. The summed E-state index contributed by atoms with van der Waals surface area (Å²) in [5.41, 5.74) is 13.4. The summed E-state index contributed by atoms with van der Waals surface area (Å²) >= 11 is 0. The zero-order valence-corrected chi connectivity index (χ0v) is 29.9. The second-order valence-corrected chi connectivity index (χ2v) is 15.0. The van der Waals surface area contributed by atoms with Gasteiger partial charge in [0.1, 0.15) is 11.2 Å². The smallest absolute Gasteiger partial charge is 0.143 e. The van der Waals surface area contributed by atoms with Crippen LogP contribution in [-0.2, 0) is 5.41 Å². The van der Waals surface area contributed by atoms with Gasteiger partial charge in [-0.2, -0.15) is 0 Å². The molecule has 0 aliphatic rings. The van der Waals surface area contributed by atoms with E-state index in [2.05, 4.69) is 172 Å². The van der Waals surface area contributed by atoms with Gasteiger partial charge in [0, 0.05) is 38.1 Å². The first-order valence-electron chi connectivity index (χ1n) is 18.2. The van der Waals surface area contributed by atoms with Crippen LogP contribution in [-0.4, -0.2) is 9.97 Å². The highest BCUT2D eigenvalue weighted by atomic mass is 16.3. The van der Waals surface area contributed by atoms with Crippen molar-refractivity contribution in [2.24, 2.45) is 0 Å². The molecule has 252 valence electrons. The second kappa shape index (κ2) is 12.0. The van der Waals surface area contributed by atoms with Gasteiger partial charge in [-0.25, -0.2) is 9.97 Å². The molecule has 0 aliphatic heterocycles. The number of hydrogen-bond acceptors (Lipinski definition) is 3. The molecule has 10 aromatic rings. The highest BCUT2D eigenvalue weighted by Gasteiger charge is 2.25. The number of benzene rings is 8. The summed E-state index contributed by atoms with van der Waals surface area (Å²) in [7, 11) is 0. The van der Waals surface area contributed by atoms with Gasteiger partial charge in [0.25, 0.3) is 0 Å². The Labute approximate surface area is 308 Å². The minimum Gasteiger partial charge on any atom is -0.455 e. The van der Waals surface area contributed by atoms with E-state index in [0.717, 1.165) is 82.9 Å². The van der Waals surface area contributed by atoms with Crippen molar-refractivity contribution in [2.75, 3.05) is 0 Å². The molecule has 0 aliphatic carbocycles. The fourth-order valence-electron chi connectivity index (χ4n) is 7.90. The minimum absolute atomic E-state index is 0.213. The van der Waals surface area contributed by atoms with Gasteiger partial charge in [-0.1, -0.05) is 172 Å². The van der Waals surface area contributed by atoms with Crippen molar-refractivity contribution in [3.05, 3.63) is 169 Å². The first-order chi connectivity index (χ1) is 25.9. The van der Waals surface area contributed by atoms with Crippen LogP contribution in [0.5, 0.6) is 0 Å². The van der Waals surface area contributed by atoms with Gasteiger partial charge in [0.2, 0.25) is 0 Å². The Morgan fingerprint density at radius 3 is 1.53 bits per heavy atom. The van der Waals surface area contributed by atoms with E-state index in [-0.39, 0.29) is 5.41 Å². The third-order valence-corrected chi connectivity index (χ3v) is 10.5. The molecule has 2 heterocycles. The number of furan rings is 1. The van der Waals surface area contributed by atoms with Crippen LogP contribution in [0.25, 0.3) is 99.2 Å². The molecule has 0 radical (unpaired) electrons. The maximum Gasteiger partial charge on any atom is 0.143 e. The second-order valence-electron chi connectivity index (χ2n) is 15.0. The van der Waals surface area contributed by atoms with Gasteiger partial charge in [-0.05, 0) is 50.7 Å². The molecule has 0 spiro atoms. The van der Waals surface area contributed by atoms with Crippen LogP contribution in [0, 0.1) is 0 Å². The molecule has 0 saturated carbocycles. The number of rotatable bonds is 4. The zero-order chi connectivity index (χ0) is 35.7. The molecule has 0 N–H and O–H groups in total. The average Bonchev–Trinajstić information content (AvgIpc) is 3.59. The molecule has 2 aromatic heterocycles. The van der Waals surface area contributed by atoms with Gasteiger partial charge in [-0.15, -0.1) is 0 Å². The Bertz CT molecular complexity index is 3020. The normalized spacial score (nSPS) is 12.1. The third kappa shape index (κ3) is 5.19. The molecule has 3 nitrogen and oxygen atoms in total. The van der Waals surface area contributed by atoms with E-state index >= 15 is 0 Å². The van der Waals surface area contributed by atoms with Crippen molar-refractivity contribution in [1.29, 1.82) is 0 Å². The Morgan fingerprint density at radius 1 is 0.396 bits per heavy atom. The SMILES string of the molecule is CC(C)(C)c1nc2c3ccccc3c3ccccc3c2nc1-c1cccc(-c2ccc(-c3ccc(-c4cccc5c4oc4ccccc45)cc3)cc2)c1. The van der Waals surface area contributed by atoms with Crippen LogP contribution in [0.1, 0.15) is 26.5 Å². The monoisotopic (exact) mass is 680 g/mol. The maximum atomic E-state index is 6.31. The summed E-state index contributed by atoms with van der Waals surface area (Å²) < 4.78 is 6.31. The van der Waals surface area contributed by atoms with Crippen LogP contribution < -0.4 is 0 Å². The summed E-state index contributed by atoms with van der Waals surface area (Å²) in [5.74, 6) is 0. The fraction of sp³-hybridized carbons (Fsp3) is 0.0800. The Hall–Kier alpha value is -6.58. The quantitative estimate of drug-likeness (QED) is 0.174. The van der Waals surface area contributed by atoms with Gasteiger partial charge < -0.3 is 4.42 Å². The molecule has 10 rings (SSSR count). The third-order valence-electron chi connectivity index (χ3n) is 10.5. The summed E-state index contributed by atoms with van der Waals surface area (Å²) in [6.07, 6.45) is 0. The first kappa shape index (κ1) is 31.2. The molecule has 0 amide bonds. The number of para-hydroxylation sites is 2. The van der Waals surface area contributed by atoms with Crippen molar-refractivity contribution in [2.45, 2.75) is 26.2 Å². The van der Waals surface area contributed by atoms with E-state index < -0.39 is 0 Å². The predicted octanol–water partition coefficient (Wildman–Crippen LogP) is 13.8. The van der Waals surface area contributed by atoms with Crippen LogP contribution in [0.2, 0.25) is 0 Å². The molecular weight excluding hydrogens is 645 g/mol. The molecular formula is C50H36N2O. The molecule has 0 bridgehead atoms. The zero-order valence-electron chi connectivity index (χ0n) is 29.9. The van der Waals surface area contributed by atoms with Crippen LogP contribution in [0.4, 0.5) is 0 Å². The van der Waals surface area contributed by atoms with E-state index in [1.165, 1.54) is 21.9 Å². The Kier molecular flexibility index (Phi) is 7.06. The van der Waals surface area contributed by atoms with Gasteiger partial charge >= 0.3 is 0 Å². The van der Waals surface area contributed by atoms with Crippen molar-refractivity contribution in [3.63, 3.8) is 0 Å². The number of aromatic nitrogens is 2. The van der Waals surface area contributed by atoms with Gasteiger partial charge in [-0.3, -0.25) is 0 Å². The fourth-order valence-corrected chi connectivity index (χ4v) is 7.90. The lowest BCUT2D eigenvalue weighted by Crippen LogP contribution is -2.16. The van der Waals surface area contributed by atoms with Crippen molar-refractivity contribution >= 4 is 54.5 Å². The molecule has 0 unspecified atom stereocenters. The highest BCUT2D eigenvalue weighted by Crippen LogP contribution is 2.40. The van der Waals surface area contributed by atoms with Gasteiger partial charge in [0.15, 0.2) is 0 Å². The van der Waals surface area contributed by atoms with E-state index in [1.54, 1.807) is 0 Å². The molecule has 8 aromatic carbocycles. The number of fused-ring (bicyclic) bond motifs is 9. The van der Waals surface area contributed by atoms with E-state index in [1.807, 2.05) is 12.1 Å². The van der Waals surface area contributed by atoms with Gasteiger partial charge in [0.05, 0.1) is 22.4 Å². The van der Waals surface area contributed by atoms with E-state index in [0.29, 0.717) is 0 Å². The van der Waals surface area contributed by atoms with Crippen molar-refractivity contribution in [1.82, 2.24) is 9.97 Å². The minimum atomic E-state index is -0.213. The van der Waals surface area contributed by atoms with Crippen LogP contribution >= 0.6 is 0 Å². The molecule has 3 heteroatoms. The summed E-state index contributed by atoms with van der Waals surface area (Å²) in [6.45, 7) is 6.68. The van der Waals surface area contributed by atoms with Crippen molar-refractivity contribution < 1.29 is 4.42 Å². The van der Waals surface area contributed by atoms with E-state index in [9.17, 15) is 0 Å². The highest BCUT2D eigenvalue weighted by molar-refractivity contribution is 6.23. The number of nitrogens with zero attached hydrogens (tertiary/aromatic N) is 2. The summed E-state index contributed by atoms with van der Waals surface area (Å²) in [5, 5.41) is 6.96. The lowest BCUT2D eigenvalue weighted by atomic mass is 9.87.